The van der Waals surface area contributed by atoms with Crippen LogP contribution in [0, 0.1) is 18.8 Å². The van der Waals surface area contributed by atoms with Crippen molar-refractivity contribution in [3.63, 3.8) is 0 Å². The predicted molar refractivity (Wildman–Crippen MR) is 83.4 cm³/mol. The molecule has 4 nitrogen and oxygen atoms in total. The van der Waals surface area contributed by atoms with Crippen LogP contribution < -0.4 is 4.72 Å². The summed E-state index contributed by atoms with van der Waals surface area (Å²) in [6.07, 6.45) is 4.63. The Balaban J connectivity index is 2.04. The maximum absolute atomic E-state index is 12.3. The Morgan fingerprint density at radius 2 is 2.10 bits per heavy atom. The molecule has 1 aromatic carbocycles. The summed E-state index contributed by atoms with van der Waals surface area (Å²) in [6.45, 7) is 4.46. The number of sulfonamides is 1. The van der Waals surface area contributed by atoms with E-state index in [-0.39, 0.29) is 11.5 Å². The van der Waals surface area contributed by atoms with Crippen LogP contribution in [0.3, 0.4) is 0 Å². The smallest absolute Gasteiger partial charge is 0.240 e. The number of hydrogen-bond acceptors (Lipinski definition) is 3. The molecule has 0 saturated heterocycles. The average molecular weight is 311 g/mol. The summed E-state index contributed by atoms with van der Waals surface area (Å²) in [5.74, 6) is 1.12. The van der Waals surface area contributed by atoms with Crippen molar-refractivity contribution in [2.45, 2.75) is 51.0 Å². The fourth-order valence-corrected chi connectivity index (χ4v) is 4.21. The van der Waals surface area contributed by atoms with E-state index in [1.54, 1.807) is 18.2 Å². The quantitative estimate of drug-likeness (QED) is 0.878. The van der Waals surface area contributed by atoms with E-state index < -0.39 is 10.0 Å². The summed E-state index contributed by atoms with van der Waals surface area (Å²) in [6, 6.07) is 4.89. The van der Waals surface area contributed by atoms with Gasteiger partial charge in [-0.25, -0.2) is 13.1 Å². The fraction of sp³-hybridized carbons (Fsp3) is 0.625. The Morgan fingerprint density at radius 3 is 2.76 bits per heavy atom. The van der Waals surface area contributed by atoms with Crippen molar-refractivity contribution < 1.29 is 13.5 Å². The van der Waals surface area contributed by atoms with Crippen molar-refractivity contribution in [2.75, 3.05) is 6.54 Å². The minimum atomic E-state index is -3.49. The second-order valence-corrected chi connectivity index (χ2v) is 8.00. The Bertz CT molecular complexity index is 583. The zero-order chi connectivity index (χ0) is 15.5. The SMILES string of the molecule is Cc1ccc(S(=O)(=O)NCC2CCCC(C)C2)cc1CO. The van der Waals surface area contributed by atoms with Crippen molar-refractivity contribution in [2.24, 2.45) is 11.8 Å². The number of nitrogens with one attached hydrogen (secondary N) is 1. The standard InChI is InChI=1S/C16H25NO3S/c1-12-4-3-5-14(8-12)10-17-21(19,20)16-7-6-13(2)15(9-16)11-18/h6-7,9,12,14,17-18H,3-5,8,10-11H2,1-2H3. The van der Waals surface area contributed by atoms with Crippen molar-refractivity contribution >= 4 is 10.0 Å². The average Bonchev–Trinajstić information content (AvgIpc) is 2.46. The molecule has 118 valence electrons. The molecular formula is C16H25NO3S. The van der Waals surface area contributed by atoms with E-state index in [1.807, 2.05) is 6.92 Å². The van der Waals surface area contributed by atoms with Crippen LogP contribution in [-0.2, 0) is 16.6 Å². The summed E-state index contributed by atoms with van der Waals surface area (Å²) in [7, 11) is -3.49. The van der Waals surface area contributed by atoms with Gasteiger partial charge in [0.25, 0.3) is 0 Å². The van der Waals surface area contributed by atoms with Crippen LogP contribution in [0.15, 0.2) is 23.1 Å². The number of aliphatic hydroxyl groups excluding tert-OH is 1. The second kappa shape index (κ2) is 6.90. The molecule has 1 fully saturated rings. The number of aryl methyl sites for hydroxylation is 1. The molecule has 1 aliphatic carbocycles. The Kier molecular flexibility index (Phi) is 5.41. The molecule has 21 heavy (non-hydrogen) atoms. The van der Waals surface area contributed by atoms with Gasteiger partial charge in [-0.1, -0.05) is 25.8 Å². The van der Waals surface area contributed by atoms with E-state index in [4.69, 9.17) is 0 Å². The third-order valence-electron chi connectivity index (χ3n) is 4.41. The number of hydrogen-bond donors (Lipinski definition) is 2. The minimum Gasteiger partial charge on any atom is -0.392 e. The lowest BCUT2D eigenvalue weighted by molar-refractivity contribution is 0.280. The highest BCUT2D eigenvalue weighted by Crippen LogP contribution is 2.28. The Morgan fingerprint density at radius 1 is 1.33 bits per heavy atom. The number of benzene rings is 1. The fourth-order valence-electron chi connectivity index (χ4n) is 3.04. The summed E-state index contributed by atoms with van der Waals surface area (Å²) < 4.78 is 27.4. The minimum absolute atomic E-state index is 0.144. The molecule has 2 unspecified atom stereocenters. The molecule has 0 heterocycles. The Hall–Kier alpha value is -0.910. The van der Waals surface area contributed by atoms with Gasteiger partial charge in [-0.2, -0.15) is 0 Å². The van der Waals surface area contributed by atoms with Crippen LogP contribution in [0.4, 0.5) is 0 Å². The predicted octanol–water partition coefficient (Wildman–Crippen LogP) is 2.59. The highest BCUT2D eigenvalue weighted by molar-refractivity contribution is 7.89. The summed E-state index contributed by atoms with van der Waals surface area (Å²) >= 11 is 0. The van der Waals surface area contributed by atoms with Crippen LogP contribution in [0.2, 0.25) is 0 Å². The van der Waals surface area contributed by atoms with Crippen LogP contribution in [-0.4, -0.2) is 20.1 Å². The van der Waals surface area contributed by atoms with E-state index in [1.165, 1.54) is 12.8 Å². The van der Waals surface area contributed by atoms with E-state index in [2.05, 4.69) is 11.6 Å². The van der Waals surface area contributed by atoms with Crippen molar-refractivity contribution in [1.29, 1.82) is 0 Å². The number of aliphatic hydroxyl groups is 1. The van der Waals surface area contributed by atoms with Gasteiger partial charge >= 0.3 is 0 Å². The molecule has 2 N–H and O–H groups in total. The van der Waals surface area contributed by atoms with Crippen LogP contribution in [0.5, 0.6) is 0 Å². The first-order valence-corrected chi connectivity index (χ1v) is 9.10. The van der Waals surface area contributed by atoms with Gasteiger partial charge in [0.2, 0.25) is 10.0 Å². The van der Waals surface area contributed by atoms with Gasteiger partial charge in [-0.3, -0.25) is 0 Å². The summed E-state index contributed by atoms with van der Waals surface area (Å²) in [4.78, 5) is 0.237. The summed E-state index contributed by atoms with van der Waals surface area (Å²) in [5.41, 5.74) is 1.56. The van der Waals surface area contributed by atoms with E-state index >= 15 is 0 Å². The third kappa shape index (κ3) is 4.28. The van der Waals surface area contributed by atoms with Crippen molar-refractivity contribution in [1.82, 2.24) is 4.72 Å². The lowest BCUT2D eigenvalue weighted by Crippen LogP contribution is -2.31. The van der Waals surface area contributed by atoms with E-state index in [0.29, 0.717) is 23.9 Å². The first kappa shape index (κ1) is 16.5. The third-order valence-corrected chi connectivity index (χ3v) is 5.83. The maximum Gasteiger partial charge on any atom is 0.240 e. The van der Waals surface area contributed by atoms with Gasteiger partial charge in [0.1, 0.15) is 0 Å². The van der Waals surface area contributed by atoms with Gasteiger partial charge in [-0.05, 0) is 54.9 Å². The first-order chi connectivity index (χ1) is 9.92. The molecule has 0 spiro atoms. The topological polar surface area (TPSA) is 66.4 Å². The van der Waals surface area contributed by atoms with Crippen molar-refractivity contribution in [3.8, 4) is 0 Å². The van der Waals surface area contributed by atoms with E-state index in [9.17, 15) is 13.5 Å². The van der Waals surface area contributed by atoms with Gasteiger partial charge in [0.15, 0.2) is 0 Å². The largest absolute Gasteiger partial charge is 0.392 e. The van der Waals surface area contributed by atoms with E-state index in [0.717, 1.165) is 18.4 Å². The molecule has 0 aliphatic heterocycles. The normalized spacial score (nSPS) is 23.2. The van der Waals surface area contributed by atoms with Crippen LogP contribution >= 0.6 is 0 Å². The molecule has 5 heteroatoms. The molecule has 0 amide bonds. The lowest BCUT2D eigenvalue weighted by atomic mass is 9.83. The zero-order valence-electron chi connectivity index (χ0n) is 12.8. The molecular weight excluding hydrogens is 286 g/mol. The molecule has 0 aromatic heterocycles. The zero-order valence-corrected chi connectivity index (χ0v) is 13.6. The molecule has 0 bridgehead atoms. The molecule has 2 atom stereocenters. The highest BCUT2D eigenvalue weighted by Gasteiger charge is 2.22. The van der Waals surface area contributed by atoms with Gasteiger partial charge in [0.05, 0.1) is 11.5 Å². The Labute approximate surface area is 127 Å². The van der Waals surface area contributed by atoms with Crippen molar-refractivity contribution in [3.05, 3.63) is 29.3 Å². The summed E-state index contributed by atoms with van der Waals surface area (Å²) in [5, 5.41) is 9.26. The second-order valence-electron chi connectivity index (χ2n) is 6.24. The number of rotatable bonds is 5. The van der Waals surface area contributed by atoms with Gasteiger partial charge < -0.3 is 5.11 Å². The molecule has 1 saturated carbocycles. The van der Waals surface area contributed by atoms with Crippen LogP contribution in [0.25, 0.3) is 0 Å². The molecule has 1 aromatic rings. The first-order valence-electron chi connectivity index (χ1n) is 7.62. The maximum atomic E-state index is 12.3. The lowest BCUT2D eigenvalue weighted by Gasteiger charge is -2.26. The van der Waals surface area contributed by atoms with Crippen LogP contribution in [0.1, 0.15) is 43.7 Å². The monoisotopic (exact) mass is 311 g/mol. The molecule has 2 rings (SSSR count). The molecule has 1 aliphatic rings. The van der Waals surface area contributed by atoms with Gasteiger partial charge in [-0.15, -0.1) is 0 Å². The highest BCUT2D eigenvalue weighted by atomic mass is 32.2. The molecule has 0 radical (unpaired) electrons. The van der Waals surface area contributed by atoms with Gasteiger partial charge in [0, 0.05) is 6.54 Å².